The second-order valence-corrected chi connectivity index (χ2v) is 8.19. The molecule has 1 aliphatic heterocycles. The van der Waals surface area contributed by atoms with Gasteiger partial charge in [0.1, 0.15) is 0 Å². The Kier molecular flexibility index (Phi) is 3.71. The molecule has 1 aliphatic carbocycles. The first kappa shape index (κ1) is 12.0. The molecule has 1 aromatic rings. The minimum Gasteiger partial charge on any atom is -0.335 e. The van der Waals surface area contributed by atoms with Crippen molar-refractivity contribution in [3.8, 4) is 0 Å². The van der Waals surface area contributed by atoms with Crippen LogP contribution in [0, 0.1) is 5.92 Å². The molecule has 2 aliphatic rings. The molecule has 2 nitrogen and oxygen atoms in total. The van der Waals surface area contributed by atoms with Crippen LogP contribution in [-0.2, 0) is 6.54 Å². The third-order valence-electron chi connectivity index (χ3n) is 3.97. The normalized spacial score (nSPS) is 25.2. The summed E-state index contributed by atoms with van der Waals surface area (Å²) in [6, 6.07) is 0. The Bertz CT molecular complexity index is 338. The van der Waals surface area contributed by atoms with Crippen LogP contribution in [0.1, 0.15) is 32.1 Å². The van der Waals surface area contributed by atoms with E-state index in [-0.39, 0.29) is 0 Å². The highest BCUT2D eigenvalue weighted by Crippen LogP contribution is 2.54. The molecule has 0 unspecified atom stereocenters. The Morgan fingerprint density at radius 1 is 1.18 bits per heavy atom. The van der Waals surface area contributed by atoms with E-state index < -0.39 is 0 Å². The summed E-state index contributed by atoms with van der Waals surface area (Å²) in [4.78, 5) is 4.18. The van der Waals surface area contributed by atoms with Gasteiger partial charge in [0.25, 0.3) is 0 Å². The zero-order valence-corrected chi connectivity index (χ0v) is 11.8. The molecule has 0 spiro atoms. The van der Waals surface area contributed by atoms with Crippen molar-refractivity contribution in [3.63, 3.8) is 0 Å². The first-order valence-electron chi connectivity index (χ1n) is 6.63. The molecule has 1 saturated carbocycles. The Morgan fingerprint density at radius 3 is 2.59 bits per heavy atom. The van der Waals surface area contributed by atoms with E-state index in [9.17, 15) is 0 Å². The van der Waals surface area contributed by atoms with Gasteiger partial charge in [-0.2, -0.15) is 0 Å². The van der Waals surface area contributed by atoms with Crippen LogP contribution in [-0.4, -0.2) is 25.1 Å². The largest absolute Gasteiger partial charge is 0.335 e. The topological polar surface area (TPSA) is 17.8 Å². The van der Waals surface area contributed by atoms with Crippen molar-refractivity contribution in [1.29, 1.82) is 0 Å². The molecule has 2 heterocycles. The molecule has 94 valence electrons. The highest BCUT2D eigenvalue weighted by Gasteiger charge is 2.43. The van der Waals surface area contributed by atoms with Crippen LogP contribution in [0.15, 0.2) is 18.7 Å². The van der Waals surface area contributed by atoms with Crippen molar-refractivity contribution in [3.05, 3.63) is 18.7 Å². The molecule has 2 fully saturated rings. The fourth-order valence-electron chi connectivity index (χ4n) is 3.10. The van der Waals surface area contributed by atoms with Crippen LogP contribution < -0.4 is 0 Å². The van der Waals surface area contributed by atoms with Gasteiger partial charge in [0.15, 0.2) is 0 Å². The molecule has 0 bridgehead atoms. The van der Waals surface area contributed by atoms with Gasteiger partial charge in [-0.15, -0.1) is 23.5 Å². The maximum absolute atomic E-state index is 4.18. The van der Waals surface area contributed by atoms with Crippen LogP contribution in [0.25, 0.3) is 0 Å². The summed E-state index contributed by atoms with van der Waals surface area (Å²) >= 11 is 4.42. The van der Waals surface area contributed by atoms with Crippen LogP contribution in [0.5, 0.6) is 0 Å². The van der Waals surface area contributed by atoms with Crippen molar-refractivity contribution in [2.24, 2.45) is 5.92 Å². The molecular weight excluding hydrogens is 248 g/mol. The number of hydrogen-bond acceptors (Lipinski definition) is 3. The van der Waals surface area contributed by atoms with Crippen LogP contribution in [0.2, 0.25) is 0 Å². The van der Waals surface area contributed by atoms with E-state index in [1.165, 1.54) is 43.6 Å². The van der Waals surface area contributed by atoms with Gasteiger partial charge in [0, 0.05) is 30.4 Å². The fourth-order valence-corrected chi connectivity index (χ4v) is 6.72. The van der Waals surface area contributed by atoms with Crippen molar-refractivity contribution in [2.45, 2.75) is 42.7 Å². The number of thioether (sulfide) groups is 2. The molecule has 0 radical (unpaired) electrons. The lowest BCUT2D eigenvalue weighted by Gasteiger charge is -2.38. The molecule has 0 aromatic carbocycles. The lowest BCUT2D eigenvalue weighted by Crippen LogP contribution is -2.35. The van der Waals surface area contributed by atoms with Crippen molar-refractivity contribution in [1.82, 2.24) is 9.55 Å². The quantitative estimate of drug-likeness (QED) is 0.833. The Morgan fingerprint density at radius 2 is 1.94 bits per heavy atom. The predicted molar refractivity (Wildman–Crippen MR) is 76.4 cm³/mol. The van der Waals surface area contributed by atoms with Gasteiger partial charge in [-0.3, -0.25) is 0 Å². The molecule has 17 heavy (non-hydrogen) atoms. The van der Waals surface area contributed by atoms with E-state index in [4.69, 9.17) is 0 Å². The van der Waals surface area contributed by atoms with Gasteiger partial charge in [0.05, 0.1) is 10.4 Å². The average Bonchev–Trinajstić information content (AvgIpc) is 3.03. The average molecular weight is 268 g/mol. The third kappa shape index (κ3) is 2.53. The van der Waals surface area contributed by atoms with Crippen LogP contribution in [0.3, 0.4) is 0 Å². The van der Waals surface area contributed by atoms with Gasteiger partial charge >= 0.3 is 0 Å². The lowest BCUT2D eigenvalue weighted by atomic mass is 9.86. The van der Waals surface area contributed by atoms with Gasteiger partial charge in [-0.1, -0.05) is 19.3 Å². The van der Waals surface area contributed by atoms with Gasteiger partial charge < -0.3 is 4.57 Å². The molecule has 3 rings (SSSR count). The summed E-state index contributed by atoms with van der Waals surface area (Å²) in [5.74, 6) is 3.57. The second kappa shape index (κ2) is 5.27. The maximum Gasteiger partial charge on any atom is 0.0946 e. The van der Waals surface area contributed by atoms with Gasteiger partial charge in [-0.05, 0) is 18.8 Å². The minimum atomic E-state index is 0.446. The van der Waals surface area contributed by atoms with E-state index in [0.717, 1.165) is 12.5 Å². The molecule has 1 saturated heterocycles. The second-order valence-electron chi connectivity index (χ2n) is 5.08. The Labute approximate surface area is 112 Å². The Balaban J connectivity index is 1.77. The summed E-state index contributed by atoms with van der Waals surface area (Å²) in [5.41, 5.74) is 0. The van der Waals surface area contributed by atoms with E-state index in [1.807, 2.05) is 12.5 Å². The molecule has 4 heteroatoms. The summed E-state index contributed by atoms with van der Waals surface area (Å²) in [7, 11) is 0. The summed E-state index contributed by atoms with van der Waals surface area (Å²) in [6.07, 6.45) is 13.2. The van der Waals surface area contributed by atoms with Crippen LogP contribution in [0.4, 0.5) is 0 Å². The number of imidazole rings is 1. The molecule has 1 aromatic heterocycles. The van der Waals surface area contributed by atoms with E-state index in [1.54, 1.807) is 0 Å². The molecule has 0 amide bonds. The maximum atomic E-state index is 4.18. The molecule has 0 N–H and O–H groups in total. The van der Waals surface area contributed by atoms with Gasteiger partial charge in [-0.25, -0.2) is 4.98 Å². The third-order valence-corrected chi connectivity index (χ3v) is 7.65. The first-order chi connectivity index (χ1) is 8.39. The number of hydrogen-bond donors (Lipinski definition) is 0. The van der Waals surface area contributed by atoms with Crippen molar-refractivity contribution in [2.75, 3.05) is 11.5 Å². The van der Waals surface area contributed by atoms with Crippen molar-refractivity contribution < 1.29 is 0 Å². The zero-order chi connectivity index (χ0) is 11.6. The van der Waals surface area contributed by atoms with E-state index in [0.29, 0.717) is 4.08 Å². The summed E-state index contributed by atoms with van der Waals surface area (Å²) in [6.45, 7) is 1.15. The molecular formula is C13H20N2S2. The summed E-state index contributed by atoms with van der Waals surface area (Å²) < 4.78 is 2.72. The molecule has 0 atom stereocenters. The summed E-state index contributed by atoms with van der Waals surface area (Å²) in [5, 5.41) is 0. The number of aromatic nitrogens is 2. The standard InChI is InChI=1S/C13H20N2S2/c1-2-4-12(5-3-1)13(16-8-9-17-13)10-15-7-6-14-11-15/h6-7,11-12H,1-5,8-10H2. The number of rotatable bonds is 3. The number of nitrogens with zero attached hydrogens (tertiary/aromatic N) is 2. The fraction of sp³-hybridized carbons (Fsp3) is 0.769. The smallest absolute Gasteiger partial charge is 0.0946 e. The SMILES string of the molecule is c1cn(CC2(C3CCCCC3)SCCS2)cn1. The monoisotopic (exact) mass is 268 g/mol. The predicted octanol–water partition coefficient (Wildman–Crippen LogP) is 3.64. The minimum absolute atomic E-state index is 0.446. The first-order valence-corrected chi connectivity index (χ1v) is 8.60. The zero-order valence-electron chi connectivity index (χ0n) is 10.2. The van der Waals surface area contributed by atoms with Crippen molar-refractivity contribution >= 4 is 23.5 Å². The Hall–Kier alpha value is -0.0900. The van der Waals surface area contributed by atoms with E-state index >= 15 is 0 Å². The highest BCUT2D eigenvalue weighted by atomic mass is 32.2. The lowest BCUT2D eigenvalue weighted by molar-refractivity contribution is 0.317. The van der Waals surface area contributed by atoms with Crippen LogP contribution >= 0.6 is 23.5 Å². The van der Waals surface area contributed by atoms with Gasteiger partial charge in [0.2, 0.25) is 0 Å². The van der Waals surface area contributed by atoms with E-state index in [2.05, 4.69) is 39.3 Å². The highest BCUT2D eigenvalue weighted by molar-refractivity contribution is 8.21.